The van der Waals surface area contributed by atoms with Gasteiger partial charge in [0.15, 0.2) is 0 Å². The molecule has 148 valence electrons. The first kappa shape index (κ1) is 20.4. The van der Waals surface area contributed by atoms with Crippen molar-refractivity contribution in [2.24, 2.45) is 11.3 Å². The summed E-state index contributed by atoms with van der Waals surface area (Å²) in [5.41, 5.74) is 1.03. The lowest BCUT2D eigenvalue weighted by Gasteiger charge is -2.31. The molecule has 1 heterocycles. The fourth-order valence-corrected chi connectivity index (χ4v) is 4.39. The number of rotatable bonds is 3. The van der Waals surface area contributed by atoms with Crippen molar-refractivity contribution in [2.45, 2.75) is 37.3 Å². The van der Waals surface area contributed by atoms with Gasteiger partial charge < -0.3 is 10.4 Å². The zero-order chi connectivity index (χ0) is 20.0. The van der Waals surface area contributed by atoms with E-state index in [-0.39, 0.29) is 10.8 Å². The molecule has 4 nitrogen and oxygen atoms in total. The molecule has 2 aliphatic carbocycles. The monoisotopic (exact) mass is 423 g/mol. The molecule has 0 aromatic heterocycles. The summed E-state index contributed by atoms with van der Waals surface area (Å²) in [6.45, 7) is 1.79. The number of alkyl halides is 3. The van der Waals surface area contributed by atoms with Crippen LogP contribution in [0.3, 0.4) is 0 Å². The van der Waals surface area contributed by atoms with Crippen molar-refractivity contribution in [2.75, 3.05) is 13.1 Å². The fraction of sp³-hybridized carbons (Fsp3) is 0.556. The van der Waals surface area contributed by atoms with E-state index < -0.39 is 12.1 Å². The molecule has 9 heteroatoms. The van der Waals surface area contributed by atoms with Gasteiger partial charge >= 0.3 is 12.1 Å². The van der Waals surface area contributed by atoms with Crippen molar-refractivity contribution in [3.63, 3.8) is 0 Å². The number of piperidine rings is 1. The van der Waals surface area contributed by atoms with Crippen molar-refractivity contribution in [1.82, 2.24) is 5.32 Å². The lowest BCUT2D eigenvalue weighted by atomic mass is 9.78. The van der Waals surface area contributed by atoms with E-state index in [0.29, 0.717) is 21.7 Å². The van der Waals surface area contributed by atoms with Crippen LogP contribution >= 0.6 is 23.2 Å². The van der Waals surface area contributed by atoms with E-state index in [0.717, 1.165) is 38.8 Å². The van der Waals surface area contributed by atoms with Crippen LogP contribution in [0.2, 0.25) is 10.0 Å². The summed E-state index contributed by atoms with van der Waals surface area (Å²) in [6.07, 6.45) is -0.931. The number of carboxylic acids is 1. The summed E-state index contributed by atoms with van der Waals surface area (Å²) < 4.78 is 31.7. The van der Waals surface area contributed by atoms with Crippen LogP contribution in [-0.4, -0.2) is 36.1 Å². The molecule has 0 bridgehead atoms. The van der Waals surface area contributed by atoms with E-state index in [9.17, 15) is 18.0 Å². The minimum atomic E-state index is -5.08. The van der Waals surface area contributed by atoms with Crippen molar-refractivity contribution in [1.29, 1.82) is 0 Å². The first-order chi connectivity index (χ1) is 12.5. The van der Waals surface area contributed by atoms with Crippen LogP contribution in [0, 0.1) is 11.3 Å². The van der Waals surface area contributed by atoms with E-state index in [1.54, 1.807) is 0 Å². The molecule has 4 rings (SSSR count). The van der Waals surface area contributed by atoms with Crippen molar-refractivity contribution < 1.29 is 27.9 Å². The summed E-state index contributed by atoms with van der Waals surface area (Å²) in [4.78, 5) is 21.7. The number of hydrogen-bond donors (Lipinski definition) is 2. The molecule has 3 fully saturated rings. The molecule has 0 spiro atoms. The van der Waals surface area contributed by atoms with E-state index >= 15 is 0 Å². The summed E-state index contributed by atoms with van der Waals surface area (Å²) >= 11 is 12.2. The number of halogens is 5. The number of ketones is 1. The highest BCUT2D eigenvalue weighted by molar-refractivity contribution is 6.42. The normalized spacial score (nSPS) is 29.2. The van der Waals surface area contributed by atoms with Crippen LogP contribution in [0.25, 0.3) is 0 Å². The molecule has 2 atom stereocenters. The van der Waals surface area contributed by atoms with E-state index in [1.165, 1.54) is 5.56 Å². The Morgan fingerprint density at radius 3 is 2.33 bits per heavy atom. The van der Waals surface area contributed by atoms with Gasteiger partial charge in [-0.15, -0.1) is 0 Å². The van der Waals surface area contributed by atoms with Gasteiger partial charge in [-0.1, -0.05) is 29.3 Å². The average Bonchev–Trinajstić information content (AvgIpc) is 3.49. The van der Waals surface area contributed by atoms with Crippen LogP contribution in [0.5, 0.6) is 0 Å². The number of carbonyl (C=O) groups excluding carboxylic acids is 1. The number of carbonyl (C=O) groups is 2. The van der Waals surface area contributed by atoms with Crippen molar-refractivity contribution in [3.05, 3.63) is 33.8 Å². The highest BCUT2D eigenvalue weighted by atomic mass is 35.5. The van der Waals surface area contributed by atoms with E-state index in [2.05, 4.69) is 11.4 Å². The van der Waals surface area contributed by atoms with Crippen LogP contribution in [0.15, 0.2) is 18.2 Å². The number of aliphatic carboxylic acids is 1. The highest BCUT2D eigenvalue weighted by Gasteiger charge is 2.73. The molecule has 27 heavy (non-hydrogen) atoms. The molecule has 0 radical (unpaired) electrons. The predicted molar refractivity (Wildman–Crippen MR) is 94.1 cm³/mol. The number of carboxylic acid groups (broad SMARTS) is 1. The standard InChI is InChI=1S/C16H17Cl2NO.C2HF3O2/c17-12-4-3-11(7-13(12)18)15-5-6-19-9-16(15,8-15)14(20)10-1-2-10;3-2(4,5)1(6)7/h3-4,7,10,19H,1-2,5-6,8-9H2;(H,6,7)/t15-,16-;/m1./s1. The molecule has 1 aromatic carbocycles. The Hall–Kier alpha value is -1.31. The molecule has 2 saturated carbocycles. The third kappa shape index (κ3) is 3.69. The van der Waals surface area contributed by atoms with Crippen molar-refractivity contribution >= 4 is 35.0 Å². The molecular formula is C18H18Cl2F3NO3. The lowest BCUT2D eigenvalue weighted by molar-refractivity contribution is -0.192. The number of fused-ring (bicyclic) bond motifs is 1. The Labute approximate surface area is 164 Å². The molecule has 0 amide bonds. The molecule has 0 unspecified atom stereocenters. The number of Topliss-reactive ketones (excluding diaryl/α,β-unsaturated/α-hetero) is 1. The Morgan fingerprint density at radius 1 is 1.19 bits per heavy atom. The Bertz CT molecular complexity index is 782. The second-order valence-electron chi connectivity index (χ2n) is 7.34. The maximum atomic E-state index is 12.8. The van der Waals surface area contributed by atoms with Gasteiger partial charge in [-0.25, -0.2) is 4.79 Å². The van der Waals surface area contributed by atoms with Gasteiger partial charge in [0.25, 0.3) is 0 Å². The van der Waals surface area contributed by atoms with Gasteiger partial charge in [-0.2, -0.15) is 13.2 Å². The second-order valence-corrected chi connectivity index (χ2v) is 8.15. The number of nitrogens with one attached hydrogen (secondary N) is 1. The molecule has 1 aromatic rings. The molecule has 1 aliphatic heterocycles. The average molecular weight is 424 g/mol. The quantitative estimate of drug-likeness (QED) is 0.763. The zero-order valence-corrected chi connectivity index (χ0v) is 15.7. The Morgan fingerprint density at radius 2 is 1.81 bits per heavy atom. The van der Waals surface area contributed by atoms with E-state index in [4.69, 9.17) is 33.1 Å². The topological polar surface area (TPSA) is 66.4 Å². The summed E-state index contributed by atoms with van der Waals surface area (Å²) in [5, 5.41) is 11.7. The molecule has 2 N–H and O–H groups in total. The molecule has 3 aliphatic rings. The summed E-state index contributed by atoms with van der Waals surface area (Å²) in [5.74, 6) is -1.96. The fourth-order valence-electron chi connectivity index (χ4n) is 4.10. The highest BCUT2D eigenvalue weighted by Crippen LogP contribution is 2.70. The molecular weight excluding hydrogens is 406 g/mol. The lowest BCUT2D eigenvalue weighted by Crippen LogP contribution is -2.43. The minimum Gasteiger partial charge on any atom is -0.475 e. The van der Waals surface area contributed by atoms with Gasteiger partial charge in [0.05, 0.1) is 15.5 Å². The van der Waals surface area contributed by atoms with Gasteiger partial charge in [0.2, 0.25) is 0 Å². The maximum Gasteiger partial charge on any atom is 0.490 e. The van der Waals surface area contributed by atoms with Crippen LogP contribution in [0.4, 0.5) is 13.2 Å². The van der Waals surface area contributed by atoms with Gasteiger partial charge in [-0.3, -0.25) is 4.79 Å². The first-order valence-electron chi connectivity index (χ1n) is 8.54. The second kappa shape index (κ2) is 6.94. The third-order valence-electron chi connectivity index (χ3n) is 5.68. The molecule has 1 saturated heterocycles. The zero-order valence-electron chi connectivity index (χ0n) is 14.2. The van der Waals surface area contributed by atoms with Gasteiger partial charge in [-0.05, 0) is 49.9 Å². The third-order valence-corrected chi connectivity index (χ3v) is 6.42. The maximum absolute atomic E-state index is 12.8. The first-order valence-corrected chi connectivity index (χ1v) is 9.30. The van der Waals surface area contributed by atoms with Gasteiger partial charge in [0.1, 0.15) is 5.78 Å². The minimum absolute atomic E-state index is 0.00610. The summed E-state index contributed by atoms with van der Waals surface area (Å²) in [6, 6.07) is 5.89. The van der Waals surface area contributed by atoms with E-state index in [1.807, 2.05) is 12.1 Å². The largest absolute Gasteiger partial charge is 0.490 e. The number of benzene rings is 1. The Kier molecular flexibility index (Phi) is 5.25. The smallest absolute Gasteiger partial charge is 0.475 e. The SMILES string of the molecule is O=C(C1CC1)[C@@]12CNCC[C@]1(c1ccc(Cl)c(Cl)c1)C2.O=C(O)C(F)(F)F. The van der Waals surface area contributed by atoms with Crippen LogP contribution in [-0.2, 0) is 15.0 Å². The van der Waals surface area contributed by atoms with Crippen LogP contribution in [0.1, 0.15) is 31.2 Å². The number of hydrogen-bond acceptors (Lipinski definition) is 3. The van der Waals surface area contributed by atoms with Crippen LogP contribution < -0.4 is 5.32 Å². The van der Waals surface area contributed by atoms with Gasteiger partial charge in [0, 0.05) is 17.9 Å². The summed E-state index contributed by atoms with van der Waals surface area (Å²) in [7, 11) is 0. The predicted octanol–water partition coefficient (Wildman–Crippen LogP) is 4.23. The van der Waals surface area contributed by atoms with Crippen molar-refractivity contribution in [3.8, 4) is 0 Å². The Balaban J connectivity index is 0.000000260.